The average Bonchev–Trinajstić information content (AvgIpc) is 4.09. The molecule has 11 aromatic rings. The second-order valence-corrected chi connectivity index (χ2v) is 16.3. The fourth-order valence-electron chi connectivity index (χ4n) is 9.98. The zero-order valence-corrected chi connectivity index (χ0v) is 35.8. The van der Waals surface area contributed by atoms with E-state index in [1.807, 2.05) is 48.5 Å². The topological polar surface area (TPSA) is 54.0 Å². The minimum atomic E-state index is 0. The Bertz CT molecular complexity index is 3810. The predicted molar refractivity (Wildman–Crippen MR) is 265 cm³/mol. The van der Waals surface area contributed by atoms with E-state index in [0.717, 1.165) is 86.9 Å². The van der Waals surface area contributed by atoms with Crippen molar-refractivity contribution in [2.45, 2.75) is 0 Å². The van der Waals surface area contributed by atoms with Crippen molar-refractivity contribution in [1.29, 1.82) is 0 Å². The van der Waals surface area contributed by atoms with Crippen molar-refractivity contribution >= 4 is 86.7 Å². The van der Waals surface area contributed by atoms with Gasteiger partial charge in [-0.15, -0.1) is 47.8 Å². The van der Waals surface area contributed by atoms with E-state index in [1.54, 1.807) is 0 Å². The van der Waals surface area contributed by atoms with E-state index in [0.29, 0.717) is 67.1 Å². The van der Waals surface area contributed by atoms with Crippen LogP contribution in [-0.2, 0) is 20.4 Å². The van der Waals surface area contributed by atoms with E-state index in [-0.39, 0.29) is 20.4 Å². The number of nitrogens with zero attached hydrogens (tertiary/aromatic N) is 4. The Balaban J connectivity index is 0.00000444. The Hall–Kier alpha value is -8.66. The van der Waals surface area contributed by atoms with Gasteiger partial charge < -0.3 is 9.97 Å². The maximum atomic E-state index is 6.67. The summed E-state index contributed by atoms with van der Waals surface area (Å²) in [4.78, 5) is 21.9. The van der Waals surface area contributed by atoms with Crippen LogP contribution in [0, 0.1) is 49.4 Å². The number of terminal acetylenes is 4. The van der Waals surface area contributed by atoms with E-state index in [2.05, 4.69) is 121 Å². The van der Waals surface area contributed by atoms with Crippen molar-refractivity contribution in [3.05, 3.63) is 168 Å². The third kappa shape index (κ3) is 5.36. The van der Waals surface area contributed by atoms with Gasteiger partial charge in [0.1, 0.15) is 0 Å². The van der Waals surface area contributed by atoms with Crippen molar-refractivity contribution in [3.63, 3.8) is 0 Å². The van der Waals surface area contributed by atoms with Gasteiger partial charge >= 0.3 is 20.4 Å². The Morgan fingerprint density at radius 2 is 0.508 bits per heavy atom. The number of hydrogen-bond donors (Lipinski definition) is 0. The molecule has 0 saturated carbocycles. The summed E-state index contributed by atoms with van der Waals surface area (Å²) in [5.41, 5.74) is 10.1. The molecule has 0 fully saturated rings. The average molecular weight is 911 g/mol. The molecule has 8 aromatic carbocycles. The van der Waals surface area contributed by atoms with Crippen LogP contribution in [0.3, 0.4) is 0 Å². The van der Waals surface area contributed by atoms with Crippen LogP contribution in [0.5, 0.6) is 0 Å². The molecule has 298 valence electrons. The van der Waals surface area contributed by atoms with Crippen LogP contribution in [0.4, 0.5) is 0 Å². The molecule has 0 atom stereocenters. The summed E-state index contributed by atoms with van der Waals surface area (Å²) in [5, 5.41) is 11.6. The quantitative estimate of drug-likeness (QED) is 0.112. The van der Waals surface area contributed by atoms with Gasteiger partial charge in [-0.05, 0) is 113 Å². The molecule has 2 aliphatic heterocycles. The first-order valence-electron chi connectivity index (χ1n) is 20.9. The van der Waals surface area contributed by atoms with Crippen LogP contribution in [0.2, 0.25) is 0 Å². The second kappa shape index (κ2) is 14.2. The first kappa shape index (κ1) is 38.1. The first-order chi connectivity index (χ1) is 31.5. The van der Waals surface area contributed by atoms with E-state index in [4.69, 9.17) is 45.6 Å². The Kier molecular flexibility index (Phi) is 8.30. The van der Waals surface area contributed by atoms with Crippen LogP contribution in [-0.4, -0.2) is 9.97 Å². The van der Waals surface area contributed by atoms with E-state index < -0.39 is 0 Å². The standard InChI is InChI=1S/C60H28N4.Pd/c1-5-41-53-45-25-33-17-9-11-19-35(33)27-47(45)55(61-53)42(6-2)57-49-29-37-21-13-15-23-39(37)31-51(49)59(63-57)44(8-4)60-52-32-40-24-16-14-22-38(40)30-50(52)58(64-60)43(7-3)56-48-28-36-20-12-10-18-34(36)26-46(48)54(41)62-56;/h1-4,9-32H;/q-2;+2. The zero-order valence-electron chi connectivity index (χ0n) is 34.3. The van der Waals surface area contributed by atoms with Gasteiger partial charge in [-0.1, -0.05) is 121 Å². The Morgan fingerprint density at radius 1 is 0.308 bits per heavy atom. The summed E-state index contributed by atoms with van der Waals surface area (Å²) in [6.07, 6.45) is 26.7. The monoisotopic (exact) mass is 910 g/mol. The summed E-state index contributed by atoms with van der Waals surface area (Å²) < 4.78 is 0. The van der Waals surface area contributed by atoms with Crippen molar-refractivity contribution in [2.24, 2.45) is 0 Å². The van der Waals surface area contributed by atoms with Gasteiger partial charge in [-0.3, -0.25) is 0 Å². The molecular weight excluding hydrogens is 883 g/mol. The van der Waals surface area contributed by atoms with Gasteiger partial charge in [0.2, 0.25) is 0 Å². The van der Waals surface area contributed by atoms with E-state index >= 15 is 0 Å². The van der Waals surface area contributed by atoms with Gasteiger partial charge in [-0.25, -0.2) is 9.97 Å². The molecule has 0 N–H and O–H groups in total. The Labute approximate surface area is 387 Å². The number of fused-ring (bicyclic) bond motifs is 24. The summed E-state index contributed by atoms with van der Waals surface area (Å²) in [6, 6.07) is 50.1. The number of hydrogen-bond acceptors (Lipinski definition) is 2. The van der Waals surface area contributed by atoms with Gasteiger partial charge in [0.05, 0.1) is 22.8 Å². The largest absolute Gasteiger partial charge is 2.00 e. The minimum Gasteiger partial charge on any atom is -0.655 e. The first-order valence-corrected chi connectivity index (χ1v) is 20.9. The number of benzene rings is 8. The smallest absolute Gasteiger partial charge is 0.655 e. The van der Waals surface area contributed by atoms with Crippen molar-refractivity contribution < 1.29 is 20.4 Å². The van der Waals surface area contributed by atoms with Gasteiger partial charge in [0, 0.05) is 44.5 Å². The van der Waals surface area contributed by atoms with E-state index in [9.17, 15) is 0 Å². The van der Waals surface area contributed by atoms with Crippen molar-refractivity contribution in [2.75, 3.05) is 0 Å². The molecule has 2 aliphatic rings. The fourth-order valence-corrected chi connectivity index (χ4v) is 9.98. The SMILES string of the molecule is C#Cc1c2nc(c(C#C)c3[n-]c(c(C#C)c4nc(c(C#C)c5[n-]c1c1cc6ccccc6cc51)-c1cc5ccccc5cc1-4)c1cc4ccccc4cc31)-c1cc3ccccc3cc1-2.[Pd+2]. The minimum absolute atomic E-state index is 0. The number of rotatable bonds is 0. The third-order valence-electron chi connectivity index (χ3n) is 13.0. The molecule has 0 aliphatic carbocycles. The zero-order chi connectivity index (χ0) is 42.8. The van der Waals surface area contributed by atoms with Crippen LogP contribution >= 0.6 is 0 Å². The third-order valence-corrected chi connectivity index (χ3v) is 13.0. The molecule has 0 spiro atoms. The normalized spacial score (nSPS) is 11.5. The molecule has 5 heterocycles. The molecule has 8 bridgehead atoms. The summed E-state index contributed by atoms with van der Waals surface area (Å²) in [7, 11) is 0. The summed E-state index contributed by atoms with van der Waals surface area (Å²) in [6.45, 7) is 0. The molecule has 3 aromatic heterocycles. The van der Waals surface area contributed by atoms with Crippen LogP contribution in [0.25, 0.3) is 132 Å². The van der Waals surface area contributed by atoms with Crippen molar-refractivity contribution in [1.82, 2.24) is 19.9 Å². The molecular formula is C60H28N4Pd. The molecule has 0 unspecified atom stereocenters. The molecule has 65 heavy (non-hydrogen) atoms. The number of aromatic nitrogens is 4. The molecule has 4 nitrogen and oxygen atoms in total. The van der Waals surface area contributed by atoms with E-state index in [1.165, 1.54) is 0 Å². The molecule has 5 heteroatoms. The van der Waals surface area contributed by atoms with Gasteiger partial charge in [0.25, 0.3) is 0 Å². The fraction of sp³-hybridized carbons (Fsp3) is 0. The maximum absolute atomic E-state index is 6.67. The predicted octanol–water partition coefficient (Wildman–Crippen LogP) is 13.1. The van der Waals surface area contributed by atoms with Gasteiger partial charge in [-0.2, -0.15) is 0 Å². The van der Waals surface area contributed by atoms with Crippen LogP contribution in [0.15, 0.2) is 146 Å². The summed E-state index contributed by atoms with van der Waals surface area (Å²) >= 11 is 0. The Morgan fingerprint density at radius 3 is 0.708 bits per heavy atom. The second-order valence-electron chi connectivity index (χ2n) is 16.3. The maximum Gasteiger partial charge on any atom is 2.00 e. The molecule has 0 radical (unpaired) electrons. The van der Waals surface area contributed by atoms with Crippen LogP contribution in [0.1, 0.15) is 22.3 Å². The van der Waals surface area contributed by atoms with Crippen molar-refractivity contribution in [3.8, 4) is 94.4 Å². The van der Waals surface area contributed by atoms with Crippen LogP contribution < -0.4 is 9.97 Å². The van der Waals surface area contributed by atoms with Gasteiger partial charge in [0.15, 0.2) is 0 Å². The summed E-state index contributed by atoms with van der Waals surface area (Å²) in [5.74, 6) is 12.3. The molecule has 13 rings (SSSR count). The molecule has 0 saturated heterocycles. The molecule has 0 amide bonds.